The van der Waals surface area contributed by atoms with Crippen LogP contribution in [0.1, 0.15) is 22.5 Å². The number of carbonyl (C=O) groups is 2. The van der Waals surface area contributed by atoms with E-state index < -0.39 is 29.8 Å². The van der Waals surface area contributed by atoms with Crippen molar-refractivity contribution in [1.82, 2.24) is 9.88 Å². The van der Waals surface area contributed by atoms with Gasteiger partial charge in [-0.15, -0.1) is 0 Å². The predicted molar refractivity (Wildman–Crippen MR) is 104 cm³/mol. The number of hydrogen-bond donors (Lipinski definition) is 2. The van der Waals surface area contributed by atoms with E-state index in [0.29, 0.717) is 18.4 Å². The van der Waals surface area contributed by atoms with Gasteiger partial charge in [0.2, 0.25) is 11.5 Å². The molecule has 0 radical (unpaired) electrons. The number of urea groups is 1. The van der Waals surface area contributed by atoms with Crippen molar-refractivity contribution in [3.63, 3.8) is 0 Å². The number of nitrogens with two attached hydrogens (primary N) is 1. The first-order chi connectivity index (χ1) is 14.7. The highest BCUT2D eigenvalue weighted by molar-refractivity contribution is 6.09. The molecule has 3 N–H and O–H groups in total. The van der Waals surface area contributed by atoms with Gasteiger partial charge in [0, 0.05) is 19.2 Å². The molecule has 3 aromatic rings. The van der Waals surface area contributed by atoms with Crippen LogP contribution >= 0.6 is 0 Å². The molecule has 0 bridgehead atoms. The fourth-order valence-electron chi connectivity index (χ4n) is 3.36. The van der Waals surface area contributed by atoms with Crippen molar-refractivity contribution in [3.8, 4) is 5.75 Å². The fourth-order valence-corrected chi connectivity index (χ4v) is 3.36. The number of rotatable bonds is 4. The normalized spacial score (nSPS) is 16.5. The molecule has 1 fully saturated rings. The van der Waals surface area contributed by atoms with Crippen LogP contribution in [0.3, 0.4) is 0 Å². The Morgan fingerprint density at radius 2 is 2.06 bits per heavy atom. The zero-order valence-electron chi connectivity index (χ0n) is 16.0. The molecule has 3 heterocycles. The molecule has 2 aromatic heterocycles. The smallest absolute Gasteiger partial charge is 0.416 e. The van der Waals surface area contributed by atoms with Gasteiger partial charge in [0.05, 0.1) is 17.5 Å². The first kappa shape index (κ1) is 20.5. The molecule has 1 aromatic carbocycles. The number of aromatic nitrogens is 1. The lowest BCUT2D eigenvalue weighted by Gasteiger charge is -2.18. The molecule has 11 heteroatoms. The summed E-state index contributed by atoms with van der Waals surface area (Å²) in [6.07, 6.45) is -3.05. The van der Waals surface area contributed by atoms with E-state index in [4.69, 9.17) is 14.9 Å². The van der Waals surface area contributed by atoms with Gasteiger partial charge in [0.25, 0.3) is 5.91 Å². The van der Waals surface area contributed by atoms with Gasteiger partial charge in [-0.3, -0.25) is 4.79 Å². The zero-order valence-corrected chi connectivity index (χ0v) is 16.0. The molecule has 1 atom stereocenters. The first-order valence-corrected chi connectivity index (χ1v) is 9.29. The molecule has 1 unspecified atom stereocenters. The number of amides is 3. The second-order valence-electron chi connectivity index (χ2n) is 6.96. The highest BCUT2D eigenvalue weighted by Gasteiger charge is 2.32. The van der Waals surface area contributed by atoms with Gasteiger partial charge in [-0.25, -0.2) is 9.78 Å². The number of furan rings is 1. The molecule has 1 aliphatic heterocycles. The molecule has 0 aliphatic carbocycles. The Balaban J connectivity index is 1.45. The van der Waals surface area contributed by atoms with Gasteiger partial charge in [0.1, 0.15) is 17.5 Å². The minimum atomic E-state index is -4.47. The maximum atomic E-state index is 12.9. The summed E-state index contributed by atoms with van der Waals surface area (Å²) in [4.78, 5) is 29.8. The van der Waals surface area contributed by atoms with E-state index in [9.17, 15) is 22.8 Å². The quantitative estimate of drug-likeness (QED) is 0.652. The van der Waals surface area contributed by atoms with Crippen LogP contribution in [0.25, 0.3) is 11.1 Å². The molecule has 0 spiro atoms. The van der Waals surface area contributed by atoms with Crippen LogP contribution in [0, 0.1) is 0 Å². The van der Waals surface area contributed by atoms with Gasteiger partial charge >= 0.3 is 12.2 Å². The molecular weight excluding hydrogens is 417 g/mol. The molecule has 31 heavy (non-hydrogen) atoms. The number of alkyl halides is 3. The van der Waals surface area contributed by atoms with E-state index in [1.54, 1.807) is 12.1 Å². The number of hydrogen-bond acceptors (Lipinski definition) is 5. The molecule has 1 aliphatic rings. The second-order valence-corrected chi connectivity index (χ2v) is 6.96. The molecule has 3 amide bonds. The number of primary amides is 1. The van der Waals surface area contributed by atoms with Crippen LogP contribution < -0.4 is 15.8 Å². The van der Waals surface area contributed by atoms with E-state index in [2.05, 4.69) is 10.3 Å². The summed E-state index contributed by atoms with van der Waals surface area (Å²) >= 11 is 0. The Hall–Kier alpha value is -3.76. The van der Waals surface area contributed by atoms with Crippen LogP contribution in [0.2, 0.25) is 0 Å². The van der Waals surface area contributed by atoms with Crippen LogP contribution in [0.4, 0.5) is 23.7 Å². The minimum Gasteiger partial charge on any atom is -0.489 e. The van der Waals surface area contributed by atoms with E-state index >= 15 is 0 Å². The van der Waals surface area contributed by atoms with E-state index in [0.717, 1.165) is 12.1 Å². The molecule has 162 valence electrons. The van der Waals surface area contributed by atoms with Crippen LogP contribution in [0.5, 0.6) is 5.75 Å². The van der Waals surface area contributed by atoms with Crippen LogP contribution in [-0.2, 0) is 6.18 Å². The number of carbonyl (C=O) groups excluding carboxylic acids is 2. The largest absolute Gasteiger partial charge is 0.489 e. The maximum Gasteiger partial charge on any atom is 0.416 e. The lowest BCUT2D eigenvalue weighted by molar-refractivity contribution is -0.137. The van der Waals surface area contributed by atoms with Crippen molar-refractivity contribution in [1.29, 1.82) is 0 Å². The van der Waals surface area contributed by atoms with Crippen molar-refractivity contribution >= 4 is 28.7 Å². The standard InChI is InChI=1S/C20H17F3N4O4/c21-20(22,23)11-3-1-4-12(9-11)30-13-6-8-27(10-13)19(29)26-15-14-5-2-7-25-18(14)31-16(15)17(24)28/h1-5,7,9,13H,6,8,10H2,(H2,24,28)(H,26,29). The van der Waals surface area contributed by atoms with Gasteiger partial charge in [-0.1, -0.05) is 6.07 Å². The number of nitrogens with one attached hydrogen (secondary N) is 1. The van der Waals surface area contributed by atoms with Gasteiger partial charge in [0.15, 0.2) is 0 Å². The summed E-state index contributed by atoms with van der Waals surface area (Å²) < 4.78 is 49.6. The van der Waals surface area contributed by atoms with Gasteiger partial charge in [-0.2, -0.15) is 13.2 Å². The monoisotopic (exact) mass is 434 g/mol. The minimum absolute atomic E-state index is 0.0741. The SMILES string of the molecule is NC(=O)c1oc2ncccc2c1NC(=O)N1CCC(Oc2cccc(C(F)(F)F)c2)C1. The zero-order chi connectivity index (χ0) is 22.2. The molecule has 4 rings (SSSR count). The highest BCUT2D eigenvalue weighted by Crippen LogP contribution is 2.32. The third kappa shape index (κ3) is 4.25. The van der Waals surface area contributed by atoms with Crippen LogP contribution in [0.15, 0.2) is 47.0 Å². The maximum absolute atomic E-state index is 12.9. The Kier molecular flexibility index (Phi) is 5.17. The van der Waals surface area contributed by atoms with Crippen LogP contribution in [-0.4, -0.2) is 41.0 Å². The summed E-state index contributed by atoms with van der Waals surface area (Å²) in [5.41, 5.74) is 4.79. The predicted octanol–water partition coefficient (Wildman–Crippen LogP) is 3.63. The molecular formula is C20H17F3N4O4. The third-order valence-corrected chi connectivity index (χ3v) is 4.82. The van der Waals surface area contributed by atoms with Crippen molar-refractivity contribution in [2.75, 3.05) is 18.4 Å². The number of fused-ring (bicyclic) bond motifs is 1. The number of halogens is 3. The van der Waals surface area contributed by atoms with Crippen molar-refractivity contribution in [2.45, 2.75) is 18.7 Å². The highest BCUT2D eigenvalue weighted by atomic mass is 19.4. The van der Waals surface area contributed by atoms with E-state index in [1.807, 2.05) is 0 Å². The Morgan fingerprint density at radius 1 is 1.26 bits per heavy atom. The summed E-state index contributed by atoms with van der Waals surface area (Å²) in [6.45, 7) is 0.470. The summed E-state index contributed by atoms with van der Waals surface area (Å²) in [6, 6.07) is 7.30. The Morgan fingerprint density at radius 3 is 2.81 bits per heavy atom. The molecule has 8 nitrogen and oxygen atoms in total. The number of pyridine rings is 1. The number of nitrogens with zero attached hydrogens (tertiary/aromatic N) is 2. The molecule has 1 saturated heterocycles. The van der Waals surface area contributed by atoms with Crippen molar-refractivity contribution in [2.24, 2.45) is 5.73 Å². The van der Waals surface area contributed by atoms with Gasteiger partial charge < -0.3 is 25.1 Å². The lowest BCUT2D eigenvalue weighted by Crippen LogP contribution is -2.35. The third-order valence-electron chi connectivity index (χ3n) is 4.82. The topological polar surface area (TPSA) is 111 Å². The number of likely N-dealkylation sites (tertiary alicyclic amines) is 1. The Bertz CT molecular complexity index is 1140. The summed E-state index contributed by atoms with van der Waals surface area (Å²) in [5.74, 6) is -1.01. The summed E-state index contributed by atoms with van der Waals surface area (Å²) in [7, 11) is 0. The lowest BCUT2D eigenvalue weighted by atomic mass is 10.2. The van der Waals surface area contributed by atoms with Gasteiger partial charge in [-0.05, 0) is 30.3 Å². The van der Waals surface area contributed by atoms with E-state index in [-0.39, 0.29) is 29.5 Å². The Labute approximate surface area is 173 Å². The second kappa shape index (κ2) is 7.82. The van der Waals surface area contributed by atoms with Crippen molar-refractivity contribution < 1.29 is 31.9 Å². The fraction of sp³-hybridized carbons (Fsp3) is 0.250. The first-order valence-electron chi connectivity index (χ1n) is 9.29. The number of benzene rings is 1. The average Bonchev–Trinajstić information content (AvgIpc) is 3.33. The molecule has 0 saturated carbocycles. The number of anilines is 1. The average molecular weight is 434 g/mol. The number of ether oxygens (including phenoxy) is 1. The summed E-state index contributed by atoms with van der Waals surface area (Å²) in [5, 5.41) is 3.04. The van der Waals surface area contributed by atoms with E-state index in [1.165, 1.54) is 23.2 Å². The van der Waals surface area contributed by atoms with Crippen molar-refractivity contribution in [3.05, 3.63) is 53.9 Å².